The fraction of sp³-hybridized carbons (Fsp3) is 0.409. The van der Waals surface area contributed by atoms with Crippen LogP contribution in [0, 0.1) is 0 Å². The average Bonchev–Trinajstić information content (AvgIpc) is 2.68. The minimum Gasteiger partial charge on any atom is -0.491 e. The van der Waals surface area contributed by atoms with Gasteiger partial charge in [-0.3, -0.25) is 0 Å². The lowest BCUT2D eigenvalue weighted by atomic mass is 9.83. The molecule has 0 bridgehead atoms. The van der Waals surface area contributed by atoms with E-state index in [1.165, 1.54) is 10.5 Å². The Bertz CT molecular complexity index is 836. The Hall–Kier alpha value is -2.73. The second-order valence-corrected chi connectivity index (χ2v) is 7.63. The fourth-order valence-electron chi connectivity index (χ4n) is 4.31. The van der Waals surface area contributed by atoms with Crippen molar-refractivity contribution in [2.45, 2.75) is 31.3 Å². The molecule has 28 heavy (non-hydrogen) atoms. The van der Waals surface area contributed by atoms with Gasteiger partial charge in [-0.15, -0.1) is 0 Å². The standard InChI is InChI=1S/C22H27N3O3/c1-2-25(22(26)27)20-14-28-21-9-8-17(24-12-16(23)13-24)11-19(21)18(20)10-15-6-4-3-5-7-15/h3-9,11,16,18,20H,2,10,12-14,23H2,1H3,(H,26,27)/t18-,20+/m1/s1. The summed E-state index contributed by atoms with van der Waals surface area (Å²) in [6, 6.07) is 16.5. The fourth-order valence-corrected chi connectivity index (χ4v) is 4.31. The summed E-state index contributed by atoms with van der Waals surface area (Å²) in [5.74, 6) is 0.893. The molecule has 0 aromatic heterocycles. The highest BCUT2D eigenvalue weighted by atomic mass is 16.5. The van der Waals surface area contributed by atoms with E-state index in [0.29, 0.717) is 13.2 Å². The zero-order chi connectivity index (χ0) is 19.7. The highest BCUT2D eigenvalue weighted by molar-refractivity contribution is 5.66. The highest BCUT2D eigenvalue weighted by Crippen LogP contribution is 2.40. The average molecular weight is 381 g/mol. The van der Waals surface area contributed by atoms with Crippen molar-refractivity contribution in [1.29, 1.82) is 0 Å². The molecule has 4 rings (SSSR count). The second kappa shape index (κ2) is 7.72. The molecule has 2 atom stereocenters. The van der Waals surface area contributed by atoms with Crippen molar-refractivity contribution in [2.75, 3.05) is 31.1 Å². The van der Waals surface area contributed by atoms with Crippen LogP contribution in [0.1, 0.15) is 24.0 Å². The lowest BCUT2D eigenvalue weighted by Crippen LogP contribution is -2.56. The van der Waals surface area contributed by atoms with Crippen LogP contribution in [0.4, 0.5) is 10.5 Å². The Morgan fingerprint density at radius 3 is 2.64 bits per heavy atom. The Morgan fingerprint density at radius 1 is 1.25 bits per heavy atom. The molecule has 3 N–H and O–H groups in total. The number of ether oxygens (including phenoxy) is 1. The quantitative estimate of drug-likeness (QED) is 0.833. The number of rotatable bonds is 5. The summed E-state index contributed by atoms with van der Waals surface area (Å²) in [6.45, 7) is 4.38. The van der Waals surface area contributed by atoms with Gasteiger partial charge in [0.25, 0.3) is 0 Å². The first-order valence-corrected chi connectivity index (χ1v) is 9.87. The molecule has 0 radical (unpaired) electrons. The van der Waals surface area contributed by atoms with Crippen LogP contribution in [0.3, 0.4) is 0 Å². The number of nitrogens with two attached hydrogens (primary N) is 1. The minimum absolute atomic E-state index is 0.0390. The molecule has 1 amide bonds. The van der Waals surface area contributed by atoms with Gasteiger partial charge in [-0.2, -0.15) is 0 Å². The van der Waals surface area contributed by atoms with E-state index in [-0.39, 0.29) is 18.0 Å². The molecule has 6 nitrogen and oxygen atoms in total. The maximum atomic E-state index is 11.9. The largest absolute Gasteiger partial charge is 0.491 e. The van der Waals surface area contributed by atoms with Gasteiger partial charge in [-0.25, -0.2) is 4.79 Å². The zero-order valence-electron chi connectivity index (χ0n) is 16.1. The smallest absolute Gasteiger partial charge is 0.407 e. The molecule has 0 aliphatic carbocycles. The van der Waals surface area contributed by atoms with Gasteiger partial charge < -0.3 is 25.4 Å². The number of carboxylic acid groups (broad SMARTS) is 1. The van der Waals surface area contributed by atoms with Gasteiger partial charge in [0.1, 0.15) is 12.4 Å². The van der Waals surface area contributed by atoms with Gasteiger partial charge in [0.2, 0.25) is 0 Å². The number of hydrogen-bond donors (Lipinski definition) is 2. The van der Waals surface area contributed by atoms with Crippen LogP contribution in [0.2, 0.25) is 0 Å². The van der Waals surface area contributed by atoms with Crippen LogP contribution >= 0.6 is 0 Å². The van der Waals surface area contributed by atoms with E-state index in [0.717, 1.165) is 36.5 Å². The number of fused-ring (bicyclic) bond motifs is 1. The van der Waals surface area contributed by atoms with Crippen molar-refractivity contribution in [3.8, 4) is 5.75 Å². The normalized spacial score (nSPS) is 21.4. The van der Waals surface area contributed by atoms with E-state index in [4.69, 9.17) is 10.5 Å². The van der Waals surface area contributed by atoms with Gasteiger partial charge in [-0.1, -0.05) is 30.3 Å². The molecule has 2 aliphatic rings. The van der Waals surface area contributed by atoms with Crippen molar-refractivity contribution in [3.63, 3.8) is 0 Å². The van der Waals surface area contributed by atoms with E-state index in [1.807, 2.05) is 31.2 Å². The maximum absolute atomic E-state index is 11.9. The number of anilines is 1. The van der Waals surface area contributed by atoms with E-state index >= 15 is 0 Å². The number of hydrogen-bond acceptors (Lipinski definition) is 4. The SMILES string of the molecule is CCN(C(=O)O)[C@H]1COc2ccc(N3CC(N)C3)cc2[C@H]1Cc1ccccc1. The summed E-state index contributed by atoms with van der Waals surface area (Å²) < 4.78 is 6.00. The van der Waals surface area contributed by atoms with E-state index in [1.54, 1.807) is 0 Å². The summed E-state index contributed by atoms with van der Waals surface area (Å²) in [6.07, 6.45) is -0.128. The predicted molar refractivity (Wildman–Crippen MR) is 109 cm³/mol. The molecule has 2 heterocycles. The van der Waals surface area contributed by atoms with E-state index in [9.17, 15) is 9.90 Å². The summed E-state index contributed by atoms with van der Waals surface area (Å²) in [7, 11) is 0. The molecule has 0 saturated carbocycles. The molecule has 2 aromatic carbocycles. The Labute approximate surface area is 165 Å². The van der Waals surface area contributed by atoms with Crippen LogP contribution in [-0.2, 0) is 6.42 Å². The monoisotopic (exact) mass is 381 g/mol. The summed E-state index contributed by atoms with van der Waals surface area (Å²) in [4.78, 5) is 15.6. The van der Waals surface area contributed by atoms with Crippen molar-refractivity contribution in [1.82, 2.24) is 4.90 Å². The molecular weight excluding hydrogens is 354 g/mol. The summed E-state index contributed by atoms with van der Waals surface area (Å²) >= 11 is 0. The molecular formula is C22H27N3O3. The van der Waals surface area contributed by atoms with Gasteiger partial charge in [0, 0.05) is 42.8 Å². The van der Waals surface area contributed by atoms with Crippen LogP contribution < -0.4 is 15.4 Å². The maximum Gasteiger partial charge on any atom is 0.407 e. The van der Waals surface area contributed by atoms with Crippen molar-refractivity contribution in [2.24, 2.45) is 5.73 Å². The van der Waals surface area contributed by atoms with E-state index < -0.39 is 6.09 Å². The van der Waals surface area contributed by atoms with Crippen LogP contribution in [0.15, 0.2) is 48.5 Å². The number of nitrogens with zero attached hydrogens (tertiary/aromatic N) is 2. The highest BCUT2D eigenvalue weighted by Gasteiger charge is 2.37. The Kier molecular flexibility index (Phi) is 5.13. The third-order valence-corrected chi connectivity index (χ3v) is 5.83. The van der Waals surface area contributed by atoms with Crippen LogP contribution in [0.5, 0.6) is 5.75 Å². The second-order valence-electron chi connectivity index (χ2n) is 7.63. The summed E-state index contributed by atoms with van der Waals surface area (Å²) in [5, 5.41) is 9.72. The van der Waals surface area contributed by atoms with Crippen LogP contribution in [-0.4, -0.2) is 54.4 Å². The predicted octanol–water partition coefficient (Wildman–Crippen LogP) is 2.92. The third-order valence-electron chi connectivity index (χ3n) is 5.83. The topological polar surface area (TPSA) is 79.0 Å². The molecule has 0 unspecified atom stereocenters. The first kappa shape index (κ1) is 18.6. The third kappa shape index (κ3) is 3.52. The van der Waals surface area contributed by atoms with Crippen LogP contribution in [0.25, 0.3) is 0 Å². The lowest BCUT2D eigenvalue weighted by Gasteiger charge is -2.42. The van der Waals surface area contributed by atoms with Crippen molar-refractivity contribution < 1.29 is 14.6 Å². The molecule has 2 aliphatic heterocycles. The van der Waals surface area contributed by atoms with Crippen molar-refractivity contribution in [3.05, 3.63) is 59.7 Å². The van der Waals surface area contributed by atoms with Gasteiger partial charge >= 0.3 is 6.09 Å². The van der Waals surface area contributed by atoms with Gasteiger partial charge in [0.05, 0.1) is 6.04 Å². The Morgan fingerprint density at radius 2 is 2.00 bits per heavy atom. The zero-order valence-corrected chi connectivity index (χ0v) is 16.1. The number of benzene rings is 2. The lowest BCUT2D eigenvalue weighted by molar-refractivity contribution is 0.0850. The first-order chi connectivity index (χ1) is 13.6. The molecule has 1 saturated heterocycles. The molecule has 6 heteroatoms. The van der Waals surface area contributed by atoms with Gasteiger partial charge in [-0.05, 0) is 37.1 Å². The number of amides is 1. The number of carbonyl (C=O) groups is 1. The number of likely N-dealkylation sites (N-methyl/N-ethyl adjacent to an activating group) is 1. The molecule has 0 spiro atoms. The molecule has 2 aromatic rings. The Balaban J connectivity index is 1.71. The molecule has 148 valence electrons. The van der Waals surface area contributed by atoms with E-state index in [2.05, 4.69) is 29.2 Å². The summed E-state index contributed by atoms with van der Waals surface area (Å²) in [5.41, 5.74) is 9.35. The van der Waals surface area contributed by atoms with Crippen molar-refractivity contribution >= 4 is 11.8 Å². The van der Waals surface area contributed by atoms with Gasteiger partial charge in [0.15, 0.2) is 0 Å². The first-order valence-electron chi connectivity index (χ1n) is 9.87. The minimum atomic E-state index is -0.900. The molecule has 1 fully saturated rings.